The molecule has 0 fully saturated rings. The van der Waals surface area contributed by atoms with Gasteiger partial charge >= 0.3 is 0 Å². The van der Waals surface area contributed by atoms with E-state index in [4.69, 9.17) is 0 Å². The van der Waals surface area contributed by atoms with Gasteiger partial charge in [-0.15, -0.1) is 0 Å². The number of halogens is 3. The molecule has 3 aromatic carbocycles. The molecule has 1 aliphatic carbocycles. The lowest BCUT2D eigenvalue weighted by Crippen LogP contribution is -2.01. The fraction of sp³-hybridized carbons (Fsp3) is 0.355. The first kappa shape index (κ1) is 24.3. The van der Waals surface area contributed by atoms with Crippen molar-refractivity contribution in [3.8, 4) is 22.3 Å². The van der Waals surface area contributed by atoms with Crippen LogP contribution in [0.1, 0.15) is 69.9 Å². The van der Waals surface area contributed by atoms with Crippen LogP contribution in [0.15, 0.2) is 60.7 Å². The summed E-state index contributed by atoms with van der Waals surface area (Å²) in [5, 5.41) is 0. The van der Waals surface area contributed by atoms with Crippen LogP contribution in [0.4, 0.5) is 13.2 Å². The number of unbranched alkanes of at least 4 members (excludes halogenated alkanes) is 3. The van der Waals surface area contributed by atoms with Crippen LogP contribution in [0.5, 0.6) is 0 Å². The lowest BCUT2D eigenvalue weighted by atomic mass is 9.87. The van der Waals surface area contributed by atoms with Gasteiger partial charge in [-0.05, 0) is 71.9 Å². The molecule has 0 bridgehead atoms. The average Bonchev–Trinajstić information content (AvgIpc) is 2.85. The van der Waals surface area contributed by atoms with E-state index in [1.54, 1.807) is 42.5 Å². The Labute approximate surface area is 201 Å². The van der Waals surface area contributed by atoms with E-state index in [1.807, 2.05) is 12.1 Å². The second-order valence-corrected chi connectivity index (χ2v) is 9.59. The predicted molar refractivity (Wildman–Crippen MR) is 136 cm³/mol. The number of hydrogen-bond acceptors (Lipinski definition) is 0. The molecule has 1 atom stereocenters. The molecular weight excluding hydrogens is 429 g/mol. The van der Waals surface area contributed by atoms with Gasteiger partial charge in [0, 0.05) is 11.1 Å². The summed E-state index contributed by atoms with van der Waals surface area (Å²) >= 11 is 0. The van der Waals surface area contributed by atoms with Crippen LogP contribution < -0.4 is 0 Å². The Hall–Kier alpha value is -2.81. The minimum Gasteiger partial charge on any atom is -0.206 e. The summed E-state index contributed by atoms with van der Waals surface area (Å²) < 4.78 is 44.4. The summed E-state index contributed by atoms with van der Waals surface area (Å²) in [7, 11) is 0. The molecule has 0 spiro atoms. The molecule has 0 saturated heterocycles. The molecule has 0 aromatic heterocycles. The standard InChI is InChI=1S/C31H33F3/c1-3-4-5-6-7-25-16-19-28(31(34)30(25)33)24-14-12-23(13-15-24)27-18-17-26(20-29(27)32)22-10-8-21(2)9-11-22/h10,12-21H,3-9,11H2,1-2H3. The van der Waals surface area contributed by atoms with E-state index < -0.39 is 11.6 Å². The molecule has 0 saturated carbocycles. The molecule has 1 unspecified atom stereocenters. The zero-order valence-corrected chi connectivity index (χ0v) is 20.1. The molecule has 0 radical (unpaired) electrons. The van der Waals surface area contributed by atoms with Gasteiger partial charge in [-0.2, -0.15) is 0 Å². The van der Waals surface area contributed by atoms with E-state index in [0.717, 1.165) is 50.5 Å². The SMILES string of the molecule is CCCCCCc1ccc(-c2ccc(-c3ccc(C4=CCC(C)CC4)cc3F)cc2)c(F)c1F. The summed E-state index contributed by atoms with van der Waals surface area (Å²) in [5.74, 6) is -1.15. The quantitative estimate of drug-likeness (QED) is 0.292. The molecule has 0 N–H and O–H groups in total. The fourth-order valence-electron chi connectivity index (χ4n) is 4.75. The Bertz CT molecular complexity index is 1160. The maximum Gasteiger partial charge on any atom is 0.166 e. The van der Waals surface area contributed by atoms with Crippen LogP contribution >= 0.6 is 0 Å². The van der Waals surface area contributed by atoms with Gasteiger partial charge in [-0.3, -0.25) is 0 Å². The molecule has 0 amide bonds. The van der Waals surface area contributed by atoms with Gasteiger partial charge in [0.25, 0.3) is 0 Å². The third-order valence-electron chi connectivity index (χ3n) is 6.98. The van der Waals surface area contributed by atoms with Gasteiger partial charge in [-0.1, -0.05) is 87.7 Å². The first-order valence-corrected chi connectivity index (χ1v) is 12.5. The first-order valence-electron chi connectivity index (χ1n) is 12.5. The van der Waals surface area contributed by atoms with Crippen LogP contribution in [-0.4, -0.2) is 0 Å². The highest BCUT2D eigenvalue weighted by atomic mass is 19.2. The van der Waals surface area contributed by atoms with Crippen molar-refractivity contribution < 1.29 is 13.2 Å². The Morgan fingerprint density at radius 3 is 2.09 bits per heavy atom. The van der Waals surface area contributed by atoms with Gasteiger partial charge in [0.15, 0.2) is 11.6 Å². The minimum absolute atomic E-state index is 0.232. The van der Waals surface area contributed by atoms with Crippen LogP contribution in [0, 0.1) is 23.4 Å². The van der Waals surface area contributed by atoms with E-state index >= 15 is 0 Å². The molecule has 3 aromatic rings. The molecule has 0 nitrogen and oxygen atoms in total. The zero-order valence-electron chi connectivity index (χ0n) is 20.1. The van der Waals surface area contributed by atoms with Gasteiger partial charge in [-0.25, -0.2) is 13.2 Å². The van der Waals surface area contributed by atoms with Crippen LogP contribution in [0.3, 0.4) is 0 Å². The average molecular weight is 463 g/mol. The molecule has 3 heteroatoms. The highest BCUT2D eigenvalue weighted by Gasteiger charge is 2.16. The summed E-state index contributed by atoms with van der Waals surface area (Å²) in [4.78, 5) is 0. The number of rotatable bonds is 8. The highest BCUT2D eigenvalue weighted by molar-refractivity contribution is 5.74. The molecule has 178 valence electrons. The second kappa shape index (κ2) is 11.1. The summed E-state index contributed by atoms with van der Waals surface area (Å²) in [5.41, 5.74) is 4.62. The van der Waals surface area contributed by atoms with Crippen molar-refractivity contribution in [2.45, 2.75) is 65.2 Å². The summed E-state index contributed by atoms with van der Waals surface area (Å²) in [6, 6.07) is 15.7. The Kier molecular flexibility index (Phi) is 7.92. The smallest absolute Gasteiger partial charge is 0.166 e. The highest BCUT2D eigenvalue weighted by Crippen LogP contribution is 2.34. The number of hydrogen-bond donors (Lipinski definition) is 0. The zero-order chi connectivity index (χ0) is 24.1. The number of allylic oxidation sites excluding steroid dienone is 2. The monoisotopic (exact) mass is 462 g/mol. The summed E-state index contributed by atoms with van der Waals surface area (Å²) in [6.45, 7) is 4.36. The number of benzene rings is 3. The second-order valence-electron chi connectivity index (χ2n) is 9.59. The largest absolute Gasteiger partial charge is 0.206 e. The minimum atomic E-state index is -0.814. The maximum absolute atomic E-state index is 15.0. The van der Waals surface area contributed by atoms with Gasteiger partial charge in [0.2, 0.25) is 0 Å². The van der Waals surface area contributed by atoms with Gasteiger partial charge < -0.3 is 0 Å². The Morgan fingerprint density at radius 1 is 0.765 bits per heavy atom. The maximum atomic E-state index is 15.0. The van der Waals surface area contributed by atoms with Crippen LogP contribution in [0.25, 0.3) is 27.8 Å². The van der Waals surface area contributed by atoms with Gasteiger partial charge in [0.1, 0.15) is 5.82 Å². The molecular formula is C31H33F3. The third-order valence-corrected chi connectivity index (χ3v) is 6.98. The Morgan fingerprint density at radius 2 is 1.44 bits per heavy atom. The Balaban J connectivity index is 1.52. The summed E-state index contributed by atoms with van der Waals surface area (Å²) in [6.07, 6.45) is 10.0. The molecule has 1 aliphatic rings. The lowest BCUT2D eigenvalue weighted by Gasteiger charge is -2.19. The van der Waals surface area contributed by atoms with Crippen molar-refractivity contribution in [1.82, 2.24) is 0 Å². The van der Waals surface area contributed by atoms with E-state index in [2.05, 4.69) is 19.9 Å². The van der Waals surface area contributed by atoms with Crippen molar-refractivity contribution in [1.29, 1.82) is 0 Å². The fourth-order valence-corrected chi connectivity index (χ4v) is 4.75. The molecule has 34 heavy (non-hydrogen) atoms. The van der Waals surface area contributed by atoms with Gasteiger partial charge in [0.05, 0.1) is 0 Å². The molecule has 0 heterocycles. The first-order chi connectivity index (χ1) is 16.5. The van der Waals surface area contributed by atoms with Crippen molar-refractivity contribution in [3.63, 3.8) is 0 Å². The lowest BCUT2D eigenvalue weighted by molar-refractivity contribution is 0.498. The van der Waals surface area contributed by atoms with Crippen molar-refractivity contribution in [2.24, 2.45) is 5.92 Å². The van der Waals surface area contributed by atoms with Crippen molar-refractivity contribution in [2.75, 3.05) is 0 Å². The topological polar surface area (TPSA) is 0 Å². The van der Waals surface area contributed by atoms with E-state index in [-0.39, 0.29) is 11.4 Å². The normalized spacial score (nSPS) is 15.9. The number of aryl methyl sites for hydroxylation is 1. The van der Waals surface area contributed by atoms with E-state index in [9.17, 15) is 13.2 Å². The van der Waals surface area contributed by atoms with E-state index in [1.165, 1.54) is 5.57 Å². The predicted octanol–water partition coefficient (Wildman–Crippen LogP) is 9.76. The van der Waals surface area contributed by atoms with Crippen molar-refractivity contribution >= 4 is 5.57 Å². The molecule has 4 rings (SSSR count). The van der Waals surface area contributed by atoms with Crippen LogP contribution in [0.2, 0.25) is 0 Å². The third kappa shape index (κ3) is 5.46. The van der Waals surface area contributed by atoms with E-state index in [0.29, 0.717) is 34.6 Å². The molecule has 0 aliphatic heterocycles. The van der Waals surface area contributed by atoms with Crippen molar-refractivity contribution in [3.05, 3.63) is 89.3 Å². The van der Waals surface area contributed by atoms with Crippen LogP contribution in [-0.2, 0) is 6.42 Å².